The highest BCUT2D eigenvalue weighted by Crippen LogP contribution is 2.32. The van der Waals surface area contributed by atoms with Crippen LogP contribution in [0, 0.1) is 0 Å². The minimum Gasteiger partial charge on any atom is -0.453 e. The number of hydrogen-bond acceptors (Lipinski definition) is 4. The molecule has 0 radical (unpaired) electrons. The van der Waals surface area contributed by atoms with E-state index in [2.05, 4.69) is 20.1 Å². The van der Waals surface area contributed by atoms with E-state index in [4.69, 9.17) is 23.2 Å². The Morgan fingerprint density at radius 2 is 1.33 bits per heavy atom. The van der Waals surface area contributed by atoms with Gasteiger partial charge in [0.05, 0.1) is 35.6 Å². The number of ether oxygens (including phenoxy) is 2. The molecule has 0 bridgehead atoms. The molecule has 0 aliphatic heterocycles. The van der Waals surface area contributed by atoms with Crippen molar-refractivity contribution in [2.45, 2.75) is 0 Å². The molecule has 0 atom stereocenters. The van der Waals surface area contributed by atoms with Gasteiger partial charge in [-0.2, -0.15) is 0 Å². The van der Waals surface area contributed by atoms with E-state index >= 15 is 0 Å². The van der Waals surface area contributed by atoms with Gasteiger partial charge in [-0.25, -0.2) is 9.59 Å². The molecule has 0 saturated carbocycles. The Kier molecular flexibility index (Phi) is 5.06. The average Bonchev–Trinajstić information content (AvgIpc) is 2.34. The van der Waals surface area contributed by atoms with E-state index in [0.29, 0.717) is 0 Å². The number of carbonyl (C=O) groups is 2. The topological polar surface area (TPSA) is 76.7 Å². The van der Waals surface area contributed by atoms with E-state index in [-0.39, 0.29) is 21.4 Å². The van der Waals surface area contributed by atoms with Crippen molar-refractivity contribution >= 4 is 46.8 Å². The van der Waals surface area contributed by atoms with Crippen molar-refractivity contribution in [1.82, 2.24) is 0 Å². The number of methoxy groups -OCH3 is 2. The molecule has 0 saturated heterocycles. The minimum atomic E-state index is -0.691. The molecular weight excluding hydrogens is 283 g/mol. The summed E-state index contributed by atoms with van der Waals surface area (Å²) in [7, 11) is 2.43. The van der Waals surface area contributed by atoms with Crippen molar-refractivity contribution in [3.63, 3.8) is 0 Å². The smallest absolute Gasteiger partial charge is 0.411 e. The molecule has 8 heteroatoms. The Labute approximate surface area is 113 Å². The van der Waals surface area contributed by atoms with Crippen molar-refractivity contribution in [3.8, 4) is 0 Å². The zero-order valence-electron chi connectivity index (χ0n) is 9.54. The summed E-state index contributed by atoms with van der Waals surface area (Å²) in [4.78, 5) is 22.1. The van der Waals surface area contributed by atoms with Gasteiger partial charge in [-0.05, 0) is 12.1 Å². The molecule has 0 fully saturated rings. The van der Waals surface area contributed by atoms with E-state index < -0.39 is 12.2 Å². The standard InChI is InChI=1S/C10H10Cl2N2O4/c1-17-9(15)13-7-4-8(14-10(16)18-2)6(12)3-5(7)11/h3-4H,1-2H3,(H,13,15)(H,14,16). The Balaban J connectivity index is 3.02. The second-order valence-electron chi connectivity index (χ2n) is 3.05. The Morgan fingerprint density at radius 1 is 0.944 bits per heavy atom. The summed E-state index contributed by atoms with van der Waals surface area (Å²) in [6, 6.07) is 2.76. The van der Waals surface area contributed by atoms with Gasteiger partial charge < -0.3 is 9.47 Å². The first-order chi connectivity index (χ1) is 8.47. The molecular formula is C10H10Cl2N2O4. The minimum absolute atomic E-state index is 0.209. The number of halogens is 2. The fourth-order valence-electron chi connectivity index (χ4n) is 1.06. The van der Waals surface area contributed by atoms with Crippen LogP contribution in [-0.4, -0.2) is 26.4 Å². The van der Waals surface area contributed by atoms with Crippen LogP contribution >= 0.6 is 23.2 Å². The molecule has 2 N–H and O–H groups in total. The molecule has 18 heavy (non-hydrogen) atoms. The molecule has 0 aliphatic carbocycles. The summed E-state index contributed by atoms with van der Waals surface area (Å²) >= 11 is 11.7. The third-order valence-corrected chi connectivity index (χ3v) is 2.53. The molecule has 6 nitrogen and oxygen atoms in total. The Hall–Kier alpha value is -1.66. The number of hydrogen-bond donors (Lipinski definition) is 2. The number of carbonyl (C=O) groups excluding carboxylic acids is 2. The maximum atomic E-state index is 11.1. The van der Waals surface area contributed by atoms with Gasteiger partial charge in [-0.15, -0.1) is 0 Å². The molecule has 1 rings (SSSR count). The van der Waals surface area contributed by atoms with Crippen molar-refractivity contribution in [2.24, 2.45) is 0 Å². The summed E-state index contributed by atoms with van der Waals surface area (Å²) in [6.07, 6.45) is -1.38. The van der Waals surface area contributed by atoms with Crippen LogP contribution < -0.4 is 10.6 Å². The molecule has 0 aromatic heterocycles. The first kappa shape index (κ1) is 14.4. The summed E-state index contributed by atoms with van der Waals surface area (Å²) in [5.74, 6) is 0. The van der Waals surface area contributed by atoms with Crippen LogP contribution in [0.25, 0.3) is 0 Å². The van der Waals surface area contributed by atoms with Gasteiger partial charge in [0, 0.05) is 0 Å². The normalized spacial score (nSPS) is 9.56. The lowest BCUT2D eigenvalue weighted by Crippen LogP contribution is -2.14. The maximum absolute atomic E-state index is 11.1. The average molecular weight is 293 g/mol. The molecule has 1 aromatic carbocycles. The summed E-state index contributed by atoms with van der Waals surface area (Å²) < 4.78 is 8.86. The van der Waals surface area contributed by atoms with E-state index in [0.717, 1.165) is 0 Å². The summed E-state index contributed by atoms with van der Waals surface area (Å²) in [6.45, 7) is 0. The predicted molar refractivity (Wildman–Crippen MR) is 68.5 cm³/mol. The Bertz CT molecular complexity index is 440. The van der Waals surface area contributed by atoms with E-state index in [1.807, 2.05) is 0 Å². The van der Waals surface area contributed by atoms with Crippen molar-refractivity contribution < 1.29 is 19.1 Å². The molecule has 98 valence electrons. The molecule has 0 heterocycles. The van der Waals surface area contributed by atoms with Crippen LogP contribution in [0.1, 0.15) is 0 Å². The van der Waals surface area contributed by atoms with Crippen LogP contribution in [0.4, 0.5) is 21.0 Å². The van der Waals surface area contributed by atoms with Crippen LogP contribution in [0.5, 0.6) is 0 Å². The van der Waals surface area contributed by atoms with Gasteiger partial charge in [-0.3, -0.25) is 10.6 Å². The maximum Gasteiger partial charge on any atom is 0.411 e. The quantitative estimate of drug-likeness (QED) is 0.876. The predicted octanol–water partition coefficient (Wildman–Crippen LogP) is 3.35. The molecule has 0 aliphatic rings. The highest BCUT2D eigenvalue weighted by Gasteiger charge is 2.12. The number of benzene rings is 1. The van der Waals surface area contributed by atoms with Crippen LogP contribution in [-0.2, 0) is 9.47 Å². The second kappa shape index (κ2) is 6.32. The zero-order valence-corrected chi connectivity index (χ0v) is 11.1. The monoisotopic (exact) mass is 292 g/mol. The zero-order chi connectivity index (χ0) is 13.7. The van der Waals surface area contributed by atoms with Gasteiger partial charge in [-0.1, -0.05) is 23.2 Å². The number of anilines is 2. The van der Waals surface area contributed by atoms with Crippen molar-refractivity contribution in [1.29, 1.82) is 0 Å². The van der Waals surface area contributed by atoms with Crippen LogP contribution in [0.3, 0.4) is 0 Å². The molecule has 0 unspecified atom stereocenters. The second-order valence-corrected chi connectivity index (χ2v) is 3.86. The Morgan fingerprint density at radius 3 is 1.67 bits per heavy atom. The number of amides is 2. The number of rotatable bonds is 2. The van der Waals surface area contributed by atoms with Gasteiger partial charge in [0.1, 0.15) is 0 Å². The van der Waals surface area contributed by atoms with Gasteiger partial charge in [0.2, 0.25) is 0 Å². The SMILES string of the molecule is COC(=O)Nc1cc(NC(=O)OC)c(Cl)cc1Cl. The molecule has 2 amide bonds. The van der Waals surface area contributed by atoms with Crippen molar-refractivity contribution in [2.75, 3.05) is 24.9 Å². The lowest BCUT2D eigenvalue weighted by Gasteiger charge is -2.11. The largest absolute Gasteiger partial charge is 0.453 e. The first-order valence-electron chi connectivity index (χ1n) is 4.67. The third kappa shape index (κ3) is 3.68. The van der Waals surface area contributed by atoms with Crippen LogP contribution in [0.2, 0.25) is 10.0 Å². The van der Waals surface area contributed by atoms with E-state index in [1.54, 1.807) is 0 Å². The highest BCUT2D eigenvalue weighted by atomic mass is 35.5. The molecule has 1 aromatic rings. The van der Waals surface area contributed by atoms with Crippen LogP contribution in [0.15, 0.2) is 12.1 Å². The third-order valence-electron chi connectivity index (χ3n) is 1.90. The van der Waals surface area contributed by atoms with Gasteiger partial charge >= 0.3 is 12.2 Å². The first-order valence-corrected chi connectivity index (χ1v) is 5.42. The van der Waals surface area contributed by atoms with E-state index in [9.17, 15) is 9.59 Å². The number of nitrogens with one attached hydrogen (secondary N) is 2. The summed E-state index contributed by atoms with van der Waals surface area (Å²) in [5.41, 5.74) is 0.499. The van der Waals surface area contributed by atoms with E-state index in [1.165, 1.54) is 26.4 Å². The lowest BCUT2D eigenvalue weighted by molar-refractivity contribution is 0.186. The van der Waals surface area contributed by atoms with Gasteiger partial charge in [0.25, 0.3) is 0 Å². The lowest BCUT2D eigenvalue weighted by atomic mass is 10.2. The van der Waals surface area contributed by atoms with Crippen molar-refractivity contribution in [3.05, 3.63) is 22.2 Å². The van der Waals surface area contributed by atoms with Gasteiger partial charge in [0.15, 0.2) is 0 Å². The fourth-order valence-corrected chi connectivity index (χ4v) is 1.54. The fraction of sp³-hybridized carbons (Fsp3) is 0.200. The summed E-state index contributed by atoms with van der Waals surface area (Å²) in [5, 5.41) is 5.17. The molecule has 0 spiro atoms. The highest BCUT2D eigenvalue weighted by molar-refractivity contribution is 6.38.